The fourth-order valence-electron chi connectivity index (χ4n) is 3.12. The lowest BCUT2D eigenvalue weighted by Gasteiger charge is -2.31. The highest BCUT2D eigenvalue weighted by atomic mass is 79.9. The zero-order chi connectivity index (χ0) is 24.8. The van der Waals surface area contributed by atoms with Crippen LogP contribution in [0.2, 0.25) is 5.02 Å². The Balaban J connectivity index is 2.38. The number of halogens is 2. The van der Waals surface area contributed by atoms with Crippen LogP contribution in [0.5, 0.6) is 0 Å². The van der Waals surface area contributed by atoms with E-state index in [1.54, 1.807) is 26.0 Å². The number of benzene rings is 2. The van der Waals surface area contributed by atoms with E-state index in [0.29, 0.717) is 11.6 Å². The van der Waals surface area contributed by atoms with Crippen molar-refractivity contribution in [2.24, 2.45) is 0 Å². The van der Waals surface area contributed by atoms with Gasteiger partial charge in [0.05, 0.1) is 11.9 Å². The van der Waals surface area contributed by atoms with Crippen molar-refractivity contribution in [3.05, 3.63) is 63.1 Å². The molecule has 0 saturated carbocycles. The molecule has 2 aromatic carbocycles. The molecule has 10 heteroatoms. The minimum absolute atomic E-state index is 0.152. The Morgan fingerprint density at radius 3 is 2.33 bits per heavy atom. The van der Waals surface area contributed by atoms with E-state index in [4.69, 9.17) is 11.6 Å². The van der Waals surface area contributed by atoms with Crippen molar-refractivity contribution in [3.63, 3.8) is 0 Å². The number of aryl methyl sites for hydroxylation is 1. The number of anilines is 1. The van der Waals surface area contributed by atoms with E-state index in [-0.39, 0.29) is 18.1 Å². The molecule has 0 fully saturated rings. The fourth-order valence-corrected chi connectivity index (χ4v) is 4.40. The van der Waals surface area contributed by atoms with Crippen molar-refractivity contribution < 1.29 is 18.0 Å². The Kier molecular flexibility index (Phi) is 9.75. The standard InChI is InChI=1S/C23H29BrClN3O4S/c1-5-12-26-23(30)17(3)27(14-18-7-9-19(24)10-8-18)22(29)15-28(33(4,31)32)20-11-6-16(2)21(25)13-20/h6-11,13,17H,5,12,14-15H2,1-4H3,(H,26,30)/t17-/m0/s1. The summed E-state index contributed by atoms with van der Waals surface area (Å²) in [5, 5.41) is 3.20. The Hall–Kier alpha value is -2.10. The molecule has 0 aliphatic heterocycles. The van der Waals surface area contributed by atoms with Crippen molar-refractivity contribution in [1.29, 1.82) is 0 Å². The van der Waals surface area contributed by atoms with Gasteiger partial charge in [0, 0.05) is 22.6 Å². The molecule has 2 rings (SSSR count). The molecule has 7 nitrogen and oxygen atoms in total. The SMILES string of the molecule is CCCNC(=O)[C@H](C)N(Cc1ccc(Br)cc1)C(=O)CN(c1ccc(C)c(Cl)c1)S(C)(=O)=O. The normalized spacial score (nSPS) is 12.2. The van der Waals surface area contributed by atoms with Gasteiger partial charge < -0.3 is 10.2 Å². The Bertz CT molecular complexity index is 1090. The van der Waals surface area contributed by atoms with E-state index in [1.165, 1.54) is 11.0 Å². The second-order valence-corrected chi connectivity index (χ2v) is 11.0. The summed E-state index contributed by atoms with van der Waals surface area (Å²) in [5.41, 5.74) is 1.89. The second kappa shape index (κ2) is 11.9. The number of amides is 2. The third-order valence-corrected chi connectivity index (χ3v) is 7.18. The summed E-state index contributed by atoms with van der Waals surface area (Å²) in [6.45, 7) is 5.56. The number of carbonyl (C=O) groups excluding carboxylic acids is 2. The highest BCUT2D eigenvalue weighted by Crippen LogP contribution is 2.25. The van der Waals surface area contributed by atoms with Gasteiger partial charge in [0.1, 0.15) is 12.6 Å². The number of hydrogen-bond acceptors (Lipinski definition) is 4. The van der Waals surface area contributed by atoms with Gasteiger partial charge in [-0.1, -0.05) is 52.7 Å². The number of nitrogens with one attached hydrogen (secondary N) is 1. The molecule has 0 spiro atoms. The van der Waals surface area contributed by atoms with Gasteiger partial charge in [0.25, 0.3) is 0 Å². The van der Waals surface area contributed by atoms with Crippen LogP contribution < -0.4 is 9.62 Å². The van der Waals surface area contributed by atoms with Crippen LogP contribution in [0.15, 0.2) is 46.9 Å². The van der Waals surface area contributed by atoms with Crippen LogP contribution in [-0.4, -0.2) is 50.5 Å². The summed E-state index contributed by atoms with van der Waals surface area (Å²) in [6.07, 6.45) is 1.79. The number of sulfonamides is 1. The van der Waals surface area contributed by atoms with Crippen LogP contribution in [-0.2, 0) is 26.2 Å². The Morgan fingerprint density at radius 1 is 1.15 bits per heavy atom. The zero-order valence-electron chi connectivity index (χ0n) is 19.1. The Labute approximate surface area is 209 Å². The third-order valence-electron chi connectivity index (χ3n) is 5.11. The van der Waals surface area contributed by atoms with Gasteiger partial charge in [0.15, 0.2) is 0 Å². The van der Waals surface area contributed by atoms with E-state index >= 15 is 0 Å². The van der Waals surface area contributed by atoms with Crippen LogP contribution >= 0.6 is 27.5 Å². The van der Waals surface area contributed by atoms with Crippen LogP contribution in [0, 0.1) is 6.92 Å². The first kappa shape index (κ1) is 27.1. The molecule has 0 aromatic heterocycles. The lowest BCUT2D eigenvalue weighted by molar-refractivity contribution is -0.139. The third kappa shape index (κ3) is 7.72. The van der Waals surface area contributed by atoms with Gasteiger partial charge in [-0.05, 0) is 55.7 Å². The molecule has 0 saturated heterocycles. The molecule has 2 aromatic rings. The summed E-state index contributed by atoms with van der Waals surface area (Å²) in [7, 11) is -3.79. The molecule has 0 aliphatic carbocycles. The summed E-state index contributed by atoms with van der Waals surface area (Å²) in [6, 6.07) is 11.4. The van der Waals surface area contributed by atoms with Crippen molar-refractivity contribution >= 4 is 55.1 Å². The first-order chi connectivity index (χ1) is 15.4. The molecule has 2 amide bonds. The minimum Gasteiger partial charge on any atom is -0.354 e. The van der Waals surface area contributed by atoms with E-state index in [0.717, 1.165) is 32.6 Å². The molecule has 0 unspecified atom stereocenters. The molecule has 180 valence electrons. The molecule has 0 heterocycles. The summed E-state index contributed by atoms with van der Waals surface area (Å²) in [5.74, 6) is -0.800. The molecular weight excluding hydrogens is 530 g/mol. The molecule has 1 atom stereocenters. The maximum absolute atomic E-state index is 13.4. The van der Waals surface area contributed by atoms with E-state index < -0.39 is 28.5 Å². The smallest absolute Gasteiger partial charge is 0.244 e. The predicted molar refractivity (Wildman–Crippen MR) is 136 cm³/mol. The highest BCUT2D eigenvalue weighted by molar-refractivity contribution is 9.10. The first-order valence-electron chi connectivity index (χ1n) is 10.5. The summed E-state index contributed by atoms with van der Waals surface area (Å²) in [4.78, 5) is 27.5. The quantitative estimate of drug-likeness (QED) is 0.475. The van der Waals surface area contributed by atoms with Gasteiger partial charge in [-0.25, -0.2) is 8.42 Å². The monoisotopic (exact) mass is 557 g/mol. The average Bonchev–Trinajstić information content (AvgIpc) is 2.76. The van der Waals surface area contributed by atoms with Crippen molar-refractivity contribution in [1.82, 2.24) is 10.2 Å². The topological polar surface area (TPSA) is 86.8 Å². The molecule has 0 aliphatic rings. The number of hydrogen-bond donors (Lipinski definition) is 1. The largest absolute Gasteiger partial charge is 0.354 e. The number of nitrogens with zero attached hydrogens (tertiary/aromatic N) is 2. The van der Waals surface area contributed by atoms with E-state index in [9.17, 15) is 18.0 Å². The van der Waals surface area contributed by atoms with E-state index in [2.05, 4.69) is 21.2 Å². The summed E-state index contributed by atoms with van der Waals surface area (Å²) >= 11 is 9.58. The number of carbonyl (C=O) groups is 2. The predicted octanol–water partition coefficient (Wildman–Crippen LogP) is 4.12. The molecule has 1 N–H and O–H groups in total. The minimum atomic E-state index is -3.79. The molecule has 0 radical (unpaired) electrons. The Morgan fingerprint density at radius 2 is 1.79 bits per heavy atom. The van der Waals surface area contributed by atoms with Crippen molar-refractivity contribution in [3.8, 4) is 0 Å². The van der Waals surface area contributed by atoms with Crippen LogP contribution in [0.3, 0.4) is 0 Å². The van der Waals surface area contributed by atoms with Gasteiger partial charge >= 0.3 is 0 Å². The lowest BCUT2D eigenvalue weighted by Crippen LogP contribution is -2.51. The average molecular weight is 559 g/mol. The second-order valence-electron chi connectivity index (χ2n) is 7.82. The molecular formula is C23H29BrClN3O4S. The van der Waals surface area contributed by atoms with Gasteiger partial charge in [-0.2, -0.15) is 0 Å². The van der Waals surface area contributed by atoms with Gasteiger partial charge in [-0.15, -0.1) is 0 Å². The van der Waals surface area contributed by atoms with Crippen molar-refractivity contribution in [2.45, 2.75) is 39.8 Å². The van der Waals surface area contributed by atoms with Gasteiger partial charge in [0.2, 0.25) is 21.8 Å². The van der Waals surface area contributed by atoms with Gasteiger partial charge in [-0.3, -0.25) is 13.9 Å². The fraction of sp³-hybridized carbons (Fsp3) is 0.391. The van der Waals surface area contributed by atoms with Crippen molar-refractivity contribution in [2.75, 3.05) is 23.7 Å². The summed E-state index contributed by atoms with van der Waals surface area (Å²) < 4.78 is 27.0. The van der Waals surface area contributed by atoms with Crippen LogP contribution in [0.25, 0.3) is 0 Å². The van der Waals surface area contributed by atoms with Crippen LogP contribution in [0.1, 0.15) is 31.4 Å². The first-order valence-corrected chi connectivity index (χ1v) is 13.5. The zero-order valence-corrected chi connectivity index (χ0v) is 22.3. The maximum Gasteiger partial charge on any atom is 0.244 e. The molecule has 33 heavy (non-hydrogen) atoms. The number of rotatable bonds is 10. The maximum atomic E-state index is 13.4. The highest BCUT2D eigenvalue weighted by Gasteiger charge is 2.30. The lowest BCUT2D eigenvalue weighted by atomic mass is 10.1. The van der Waals surface area contributed by atoms with E-state index in [1.807, 2.05) is 31.2 Å². The van der Waals surface area contributed by atoms with Crippen LogP contribution in [0.4, 0.5) is 5.69 Å². The molecule has 0 bridgehead atoms.